The van der Waals surface area contributed by atoms with E-state index in [1.165, 1.54) is 0 Å². The van der Waals surface area contributed by atoms with Gasteiger partial charge in [0.25, 0.3) is 0 Å². The fraction of sp³-hybridized carbons (Fsp3) is 0.0588. The van der Waals surface area contributed by atoms with Gasteiger partial charge in [-0.25, -0.2) is 8.42 Å². The molecule has 0 saturated carbocycles. The molecule has 2 aromatic rings. The topological polar surface area (TPSA) is 111 Å². The molecular formula is C17H14F3N2O4RuS. The SMILES string of the molecule is N=O.O=S(=O)([O-])C(F)(F)F.[CH]1C=CC=C1.[Ru+2].[c-]1ccccc1-c1ccccn1. The van der Waals surface area contributed by atoms with Crippen LogP contribution in [0.3, 0.4) is 0 Å². The number of hydrogen-bond acceptors (Lipinski definition) is 6. The molecule has 28 heavy (non-hydrogen) atoms. The Morgan fingerprint density at radius 3 is 1.82 bits per heavy atom. The average molecular weight is 500 g/mol. The average Bonchev–Trinajstić information content (AvgIpc) is 3.24. The summed E-state index contributed by atoms with van der Waals surface area (Å²) in [6.07, 6.45) is 11.8. The van der Waals surface area contributed by atoms with Crippen LogP contribution in [0.2, 0.25) is 0 Å². The number of aromatic nitrogens is 1. The zero-order chi connectivity index (χ0) is 20.8. The molecule has 1 N–H and O–H groups in total. The molecule has 1 radical (unpaired) electrons. The van der Waals surface area contributed by atoms with E-state index in [1.54, 1.807) is 6.20 Å². The molecule has 1 aliphatic rings. The third-order valence-electron chi connectivity index (χ3n) is 2.49. The molecule has 11 heteroatoms. The summed E-state index contributed by atoms with van der Waals surface area (Å²) in [5, 5.41) is 0. The maximum atomic E-state index is 10.7. The molecule has 0 spiro atoms. The first-order valence-corrected chi connectivity index (χ1v) is 8.40. The summed E-state index contributed by atoms with van der Waals surface area (Å²) < 4.78 is 58.9. The minimum absolute atomic E-state index is 0. The van der Waals surface area contributed by atoms with E-state index in [0.717, 1.165) is 11.3 Å². The maximum Gasteiger partial charge on any atom is 2.00 e. The monoisotopic (exact) mass is 501 g/mol. The van der Waals surface area contributed by atoms with Gasteiger partial charge in [-0.2, -0.15) is 18.1 Å². The smallest absolute Gasteiger partial charge is 0.741 e. The Morgan fingerprint density at radius 1 is 0.964 bits per heavy atom. The van der Waals surface area contributed by atoms with E-state index in [2.05, 4.69) is 16.6 Å². The molecule has 0 bridgehead atoms. The van der Waals surface area contributed by atoms with Gasteiger partial charge in [0.1, 0.15) is 0 Å². The van der Waals surface area contributed by atoms with Gasteiger partial charge in [0.15, 0.2) is 10.1 Å². The first kappa shape index (κ1) is 28.0. The summed E-state index contributed by atoms with van der Waals surface area (Å²) in [5.74, 6) is 0. The zero-order valence-electron chi connectivity index (χ0n) is 14.0. The van der Waals surface area contributed by atoms with Crippen molar-refractivity contribution in [1.82, 2.24) is 4.98 Å². The largest absolute Gasteiger partial charge is 2.00 e. The van der Waals surface area contributed by atoms with Crippen LogP contribution in [0.15, 0.2) is 73.0 Å². The van der Waals surface area contributed by atoms with E-state index in [0.29, 0.717) is 0 Å². The van der Waals surface area contributed by atoms with E-state index in [-0.39, 0.29) is 19.5 Å². The summed E-state index contributed by atoms with van der Waals surface area (Å²) in [5.41, 5.74) is 0.865. The van der Waals surface area contributed by atoms with Crippen LogP contribution in [0, 0.1) is 23.0 Å². The molecule has 1 aromatic carbocycles. The Morgan fingerprint density at radius 2 is 1.50 bits per heavy atom. The van der Waals surface area contributed by atoms with Crippen molar-refractivity contribution in [1.29, 1.82) is 5.59 Å². The molecular weight excluding hydrogens is 486 g/mol. The second-order valence-corrected chi connectivity index (χ2v) is 5.72. The van der Waals surface area contributed by atoms with Crippen molar-refractivity contribution in [3.63, 3.8) is 0 Å². The number of benzene rings is 1. The summed E-state index contributed by atoms with van der Waals surface area (Å²) >= 11 is 0. The van der Waals surface area contributed by atoms with Crippen LogP contribution >= 0.6 is 0 Å². The van der Waals surface area contributed by atoms with Crippen LogP contribution in [-0.4, -0.2) is 23.5 Å². The van der Waals surface area contributed by atoms with Crippen molar-refractivity contribution >= 4 is 10.1 Å². The van der Waals surface area contributed by atoms with Gasteiger partial charge in [0.05, 0.1) is 0 Å². The molecule has 1 aromatic heterocycles. The van der Waals surface area contributed by atoms with Crippen LogP contribution in [0.1, 0.15) is 0 Å². The summed E-state index contributed by atoms with van der Waals surface area (Å²) in [4.78, 5) is 11.7. The third kappa shape index (κ3) is 12.2. The number of rotatable bonds is 1. The Hall–Kier alpha value is -2.23. The summed E-state index contributed by atoms with van der Waals surface area (Å²) in [7, 11) is -6.09. The Balaban J connectivity index is 0. The number of hydrogen-bond donors (Lipinski definition) is 1. The molecule has 3 rings (SSSR count). The van der Waals surface area contributed by atoms with E-state index >= 15 is 0 Å². The van der Waals surface area contributed by atoms with Crippen LogP contribution in [0.25, 0.3) is 11.3 Å². The standard InChI is InChI=1S/C11H8N.C5H5.CHF3O3S.HNO.Ru/c1-2-6-10(7-3-1)11-8-4-5-9-12-11;1-2-4-5-3-1;2-1(3,4)8(5,6)7;1-2;/h1-6,8-9H;1-5H;(H,5,6,7);1H;/q-1;;;;+2/p-1. The van der Waals surface area contributed by atoms with Gasteiger partial charge in [0, 0.05) is 12.6 Å². The van der Waals surface area contributed by atoms with Crippen molar-refractivity contribution < 1.29 is 45.6 Å². The third-order valence-corrected chi connectivity index (χ3v) is 3.06. The van der Waals surface area contributed by atoms with E-state index in [9.17, 15) is 13.2 Å². The van der Waals surface area contributed by atoms with Gasteiger partial charge in [-0.15, -0.1) is 35.9 Å². The van der Waals surface area contributed by atoms with Crippen molar-refractivity contribution in [2.45, 2.75) is 5.51 Å². The quantitative estimate of drug-likeness (QED) is 0.207. The van der Waals surface area contributed by atoms with Gasteiger partial charge in [-0.05, 0) is 11.8 Å². The molecule has 0 aliphatic heterocycles. The van der Waals surface area contributed by atoms with E-state index in [4.69, 9.17) is 17.9 Å². The Labute approximate surface area is 173 Å². The number of pyridine rings is 1. The molecule has 0 unspecified atom stereocenters. The molecule has 0 atom stereocenters. The molecule has 0 amide bonds. The minimum Gasteiger partial charge on any atom is -0.741 e. The number of nitroso groups, excluding NO2 is 1. The molecule has 1 aliphatic carbocycles. The minimum atomic E-state index is -6.09. The van der Waals surface area contributed by atoms with Gasteiger partial charge >= 0.3 is 25.0 Å². The second-order valence-electron chi connectivity index (χ2n) is 4.35. The van der Waals surface area contributed by atoms with Crippen LogP contribution in [0.5, 0.6) is 0 Å². The number of halogens is 3. The maximum absolute atomic E-state index is 10.7. The fourth-order valence-corrected chi connectivity index (χ4v) is 1.40. The second kappa shape index (κ2) is 14.8. The summed E-state index contributed by atoms with van der Waals surface area (Å²) in [6.45, 7) is 0. The Bertz CT molecular complexity index is 768. The molecule has 0 saturated heterocycles. The molecule has 0 fully saturated rings. The van der Waals surface area contributed by atoms with Crippen molar-refractivity contribution in [2.24, 2.45) is 0 Å². The molecule has 6 nitrogen and oxygen atoms in total. The van der Waals surface area contributed by atoms with Gasteiger partial charge in [-0.1, -0.05) is 42.0 Å². The van der Waals surface area contributed by atoms with Crippen molar-refractivity contribution in [2.75, 3.05) is 0 Å². The zero-order valence-corrected chi connectivity index (χ0v) is 16.5. The van der Waals surface area contributed by atoms with Gasteiger partial charge in [0.2, 0.25) is 0 Å². The van der Waals surface area contributed by atoms with Crippen LogP contribution in [-0.2, 0) is 29.6 Å². The van der Waals surface area contributed by atoms with E-state index < -0.39 is 15.6 Å². The predicted molar refractivity (Wildman–Crippen MR) is 92.9 cm³/mol. The number of nitrogens with one attached hydrogen (secondary N) is 1. The van der Waals surface area contributed by atoms with Crippen molar-refractivity contribution in [3.05, 3.63) is 90.4 Å². The van der Waals surface area contributed by atoms with Crippen LogP contribution in [0.4, 0.5) is 13.2 Å². The normalized spacial score (nSPS) is 11.4. The molecule has 1 heterocycles. The number of nitrogens with zero attached hydrogens (tertiary/aromatic N) is 1. The Kier molecular flexibility index (Phi) is 14.8. The number of alkyl halides is 3. The van der Waals surface area contributed by atoms with Gasteiger partial charge < -0.3 is 9.54 Å². The van der Waals surface area contributed by atoms with Gasteiger partial charge in [-0.3, -0.25) is 0 Å². The van der Waals surface area contributed by atoms with Crippen LogP contribution < -0.4 is 0 Å². The van der Waals surface area contributed by atoms with Crippen molar-refractivity contribution in [3.8, 4) is 11.3 Å². The fourth-order valence-electron chi connectivity index (χ4n) is 1.40. The summed E-state index contributed by atoms with van der Waals surface area (Å²) in [6, 6.07) is 16.8. The van der Waals surface area contributed by atoms with E-state index in [1.807, 2.05) is 73.2 Å². The number of allylic oxidation sites excluding steroid dienone is 4. The first-order valence-electron chi connectivity index (χ1n) is 6.99. The molecule has 151 valence electrons. The predicted octanol–water partition coefficient (Wildman–Crippen LogP) is 4.25. The first-order chi connectivity index (χ1) is 12.7.